The third kappa shape index (κ3) is 3.12. The molecule has 1 aromatic carbocycles. The predicted molar refractivity (Wildman–Crippen MR) is 98.4 cm³/mol. The van der Waals surface area contributed by atoms with E-state index in [2.05, 4.69) is 10.2 Å². The van der Waals surface area contributed by atoms with E-state index in [0.29, 0.717) is 17.6 Å². The number of hydrogen-bond donors (Lipinski definition) is 0. The minimum atomic E-state index is -0.391. The minimum absolute atomic E-state index is 0.185. The Morgan fingerprint density at radius 1 is 1.19 bits per heavy atom. The number of aromatic nitrogens is 4. The lowest BCUT2D eigenvalue weighted by molar-refractivity contribution is 0.0600. The molecule has 26 heavy (non-hydrogen) atoms. The summed E-state index contributed by atoms with van der Waals surface area (Å²) in [5, 5.41) is 9.58. The van der Waals surface area contributed by atoms with Crippen LogP contribution in [-0.4, -0.2) is 32.6 Å². The molecule has 3 rings (SSSR count). The standard InChI is InChI=1S/C19H22N4O3/c1-12-15-10-20-23(19(2,3)4)16(15)17(24)22(21-12)11-13-6-8-14(9-7-13)18(25)26-5/h6-10H,11H2,1-5H3. The van der Waals surface area contributed by atoms with Crippen molar-refractivity contribution in [3.05, 3.63) is 57.6 Å². The smallest absolute Gasteiger partial charge is 0.337 e. The van der Waals surface area contributed by atoms with Crippen LogP contribution in [0, 0.1) is 6.92 Å². The van der Waals surface area contributed by atoms with Gasteiger partial charge in [-0.1, -0.05) is 12.1 Å². The molecular formula is C19H22N4O3. The molecule has 0 N–H and O–H groups in total. The van der Waals surface area contributed by atoms with Gasteiger partial charge in [0, 0.05) is 5.39 Å². The number of esters is 1. The van der Waals surface area contributed by atoms with Crippen molar-refractivity contribution < 1.29 is 9.53 Å². The van der Waals surface area contributed by atoms with Gasteiger partial charge in [0.1, 0.15) is 5.52 Å². The second kappa shape index (κ2) is 6.40. The van der Waals surface area contributed by atoms with Gasteiger partial charge in [0.15, 0.2) is 0 Å². The number of nitrogens with zero attached hydrogens (tertiary/aromatic N) is 4. The summed E-state index contributed by atoms with van der Waals surface area (Å²) in [4.78, 5) is 24.5. The largest absolute Gasteiger partial charge is 0.465 e. The van der Waals surface area contributed by atoms with Crippen LogP contribution in [-0.2, 0) is 16.8 Å². The van der Waals surface area contributed by atoms with Gasteiger partial charge in [-0.05, 0) is 45.4 Å². The van der Waals surface area contributed by atoms with Crippen LogP contribution in [0.1, 0.15) is 42.4 Å². The fourth-order valence-electron chi connectivity index (χ4n) is 2.87. The number of carbonyl (C=O) groups is 1. The molecule has 0 spiro atoms. The van der Waals surface area contributed by atoms with E-state index < -0.39 is 5.97 Å². The van der Waals surface area contributed by atoms with Crippen molar-refractivity contribution in [2.45, 2.75) is 39.8 Å². The number of ether oxygens (including phenoxy) is 1. The maximum absolute atomic E-state index is 13.0. The molecule has 7 nitrogen and oxygen atoms in total. The third-order valence-corrected chi connectivity index (χ3v) is 4.21. The Kier molecular flexibility index (Phi) is 4.39. The van der Waals surface area contributed by atoms with E-state index in [1.54, 1.807) is 35.1 Å². The first-order chi connectivity index (χ1) is 12.2. The van der Waals surface area contributed by atoms with Crippen molar-refractivity contribution in [2.24, 2.45) is 0 Å². The number of rotatable bonds is 3. The van der Waals surface area contributed by atoms with Gasteiger partial charge in [0.25, 0.3) is 5.56 Å². The molecule has 2 heterocycles. The summed E-state index contributed by atoms with van der Waals surface area (Å²) in [5.41, 5.74) is 2.14. The molecular weight excluding hydrogens is 332 g/mol. The van der Waals surface area contributed by atoms with Gasteiger partial charge in [-0.15, -0.1) is 0 Å². The molecule has 0 aliphatic heterocycles. The van der Waals surface area contributed by atoms with Gasteiger partial charge < -0.3 is 4.74 Å². The van der Waals surface area contributed by atoms with E-state index in [1.807, 2.05) is 27.7 Å². The summed E-state index contributed by atoms with van der Waals surface area (Å²) < 4.78 is 7.88. The van der Waals surface area contributed by atoms with Crippen molar-refractivity contribution in [2.75, 3.05) is 7.11 Å². The second-order valence-corrected chi connectivity index (χ2v) is 7.23. The van der Waals surface area contributed by atoms with Crippen molar-refractivity contribution in [1.82, 2.24) is 19.6 Å². The molecule has 0 aliphatic rings. The number of fused-ring (bicyclic) bond motifs is 1. The van der Waals surface area contributed by atoms with Crippen LogP contribution in [0.4, 0.5) is 0 Å². The quantitative estimate of drug-likeness (QED) is 0.675. The van der Waals surface area contributed by atoms with Gasteiger partial charge in [-0.2, -0.15) is 10.2 Å². The van der Waals surface area contributed by atoms with Crippen molar-refractivity contribution in [3.63, 3.8) is 0 Å². The molecule has 0 bridgehead atoms. The molecule has 0 saturated heterocycles. The Morgan fingerprint density at radius 2 is 1.85 bits per heavy atom. The van der Waals surface area contributed by atoms with Crippen LogP contribution in [0.25, 0.3) is 10.9 Å². The molecule has 0 unspecified atom stereocenters. The fourth-order valence-corrected chi connectivity index (χ4v) is 2.87. The summed E-state index contributed by atoms with van der Waals surface area (Å²) in [6.45, 7) is 8.19. The van der Waals surface area contributed by atoms with Crippen LogP contribution in [0.3, 0.4) is 0 Å². The van der Waals surface area contributed by atoms with Crippen molar-refractivity contribution >= 4 is 16.9 Å². The molecule has 0 amide bonds. The first-order valence-electron chi connectivity index (χ1n) is 8.35. The zero-order valence-electron chi connectivity index (χ0n) is 15.6. The monoisotopic (exact) mass is 354 g/mol. The normalized spacial score (nSPS) is 11.7. The maximum atomic E-state index is 13.0. The summed E-state index contributed by atoms with van der Waals surface area (Å²) in [6.07, 6.45) is 1.69. The second-order valence-electron chi connectivity index (χ2n) is 7.23. The van der Waals surface area contributed by atoms with Crippen LogP contribution in [0.5, 0.6) is 0 Å². The Morgan fingerprint density at radius 3 is 2.42 bits per heavy atom. The number of methoxy groups -OCH3 is 1. The molecule has 136 valence electrons. The van der Waals surface area contributed by atoms with Gasteiger partial charge >= 0.3 is 5.97 Å². The Balaban J connectivity index is 2.05. The maximum Gasteiger partial charge on any atom is 0.337 e. The molecule has 3 aromatic rings. The highest BCUT2D eigenvalue weighted by Crippen LogP contribution is 2.20. The molecule has 0 radical (unpaired) electrons. The van der Waals surface area contributed by atoms with Crippen LogP contribution >= 0.6 is 0 Å². The SMILES string of the molecule is COC(=O)c1ccc(Cn2nc(C)c3cnn(C(C)(C)C)c3c2=O)cc1. The summed E-state index contributed by atoms with van der Waals surface area (Å²) >= 11 is 0. The van der Waals surface area contributed by atoms with Gasteiger partial charge in [-0.25, -0.2) is 9.48 Å². The lowest BCUT2D eigenvalue weighted by atomic mass is 10.1. The lowest BCUT2D eigenvalue weighted by Gasteiger charge is -2.20. The van der Waals surface area contributed by atoms with E-state index in [9.17, 15) is 9.59 Å². The molecule has 2 aromatic heterocycles. The average Bonchev–Trinajstić information content (AvgIpc) is 3.05. The van der Waals surface area contributed by atoms with Crippen molar-refractivity contribution in [3.8, 4) is 0 Å². The summed E-state index contributed by atoms with van der Waals surface area (Å²) in [7, 11) is 1.34. The van der Waals surface area contributed by atoms with Gasteiger partial charge in [-0.3, -0.25) is 9.48 Å². The van der Waals surface area contributed by atoms with E-state index in [0.717, 1.165) is 16.6 Å². The van der Waals surface area contributed by atoms with Crippen molar-refractivity contribution in [1.29, 1.82) is 0 Å². The summed E-state index contributed by atoms with van der Waals surface area (Å²) in [5.74, 6) is -0.391. The Labute approximate surface area is 151 Å². The lowest BCUT2D eigenvalue weighted by Crippen LogP contribution is -2.31. The Hall–Kier alpha value is -2.96. The summed E-state index contributed by atoms with van der Waals surface area (Å²) in [6, 6.07) is 6.94. The first-order valence-corrected chi connectivity index (χ1v) is 8.35. The van der Waals surface area contributed by atoms with Crippen LogP contribution < -0.4 is 5.56 Å². The Bertz CT molecular complexity index is 1020. The van der Waals surface area contributed by atoms with Gasteiger partial charge in [0.2, 0.25) is 0 Å². The molecule has 0 saturated carbocycles. The zero-order chi connectivity index (χ0) is 19.1. The molecule has 0 aliphatic carbocycles. The highest BCUT2D eigenvalue weighted by molar-refractivity contribution is 5.89. The predicted octanol–water partition coefficient (Wildman–Crippen LogP) is 2.49. The molecule has 0 atom stereocenters. The van der Waals surface area contributed by atoms with Gasteiger partial charge in [0.05, 0.1) is 36.6 Å². The highest BCUT2D eigenvalue weighted by Gasteiger charge is 2.21. The highest BCUT2D eigenvalue weighted by atomic mass is 16.5. The van der Waals surface area contributed by atoms with E-state index in [-0.39, 0.29) is 11.1 Å². The van der Waals surface area contributed by atoms with Crippen LogP contribution in [0.15, 0.2) is 35.3 Å². The molecule has 0 fully saturated rings. The first kappa shape index (κ1) is 17.8. The number of carbonyl (C=O) groups excluding carboxylic acids is 1. The topological polar surface area (TPSA) is 79.0 Å². The third-order valence-electron chi connectivity index (χ3n) is 4.21. The van der Waals surface area contributed by atoms with Crippen LogP contribution in [0.2, 0.25) is 0 Å². The fraction of sp³-hybridized carbons (Fsp3) is 0.368. The minimum Gasteiger partial charge on any atom is -0.465 e. The molecule has 7 heteroatoms. The van der Waals surface area contributed by atoms with E-state index in [1.165, 1.54) is 11.8 Å². The number of aryl methyl sites for hydroxylation is 1. The number of hydrogen-bond acceptors (Lipinski definition) is 5. The van der Waals surface area contributed by atoms with E-state index >= 15 is 0 Å². The average molecular weight is 354 g/mol. The zero-order valence-corrected chi connectivity index (χ0v) is 15.6. The number of benzene rings is 1. The van der Waals surface area contributed by atoms with E-state index in [4.69, 9.17) is 4.74 Å².